The summed E-state index contributed by atoms with van der Waals surface area (Å²) in [4.78, 5) is 12.3. The monoisotopic (exact) mass is 388 g/mol. The van der Waals surface area contributed by atoms with Gasteiger partial charge >= 0.3 is 0 Å². The molecule has 0 radical (unpaired) electrons. The third-order valence-corrected chi connectivity index (χ3v) is 5.62. The molecule has 2 rings (SSSR count). The fourth-order valence-corrected chi connectivity index (χ4v) is 3.91. The van der Waals surface area contributed by atoms with Gasteiger partial charge in [-0.3, -0.25) is 4.79 Å². The van der Waals surface area contributed by atoms with Gasteiger partial charge in [-0.2, -0.15) is 0 Å². The van der Waals surface area contributed by atoms with E-state index in [0.717, 1.165) is 29.5 Å². The molecule has 2 aromatic rings. The number of rotatable bonds is 11. The van der Waals surface area contributed by atoms with E-state index in [0.29, 0.717) is 5.75 Å². The highest BCUT2D eigenvalue weighted by molar-refractivity contribution is 7.99. The molecule has 0 aliphatic carbocycles. The van der Waals surface area contributed by atoms with E-state index in [2.05, 4.69) is 59.9 Å². The number of hydrogen-bond acceptors (Lipinski definition) is 4. The van der Waals surface area contributed by atoms with E-state index in [-0.39, 0.29) is 11.9 Å². The van der Waals surface area contributed by atoms with Crippen LogP contribution >= 0.6 is 11.8 Å². The quantitative estimate of drug-likeness (QED) is 0.442. The van der Waals surface area contributed by atoms with Crippen LogP contribution in [0.3, 0.4) is 0 Å². The van der Waals surface area contributed by atoms with Crippen LogP contribution in [0.5, 0.6) is 0 Å². The summed E-state index contributed by atoms with van der Waals surface area (Å²) >= 11 is 1.45. The highest BCUT2D eigenvalue weighted by Gasteiger charge is 2.16. The molecule has 5 nitrogen and oxygen atoms in total. The number of carbonyl (C=O) groups excluding carboxylic acids is 1. The van der Waals surface area contributed by atoms with E-state index in [1.165, 1.54) is 43.0 Å². The molecule has 1 aromatic heterocycles. The Bertz CT molecular complexity index is 729. The highest BCUT2D eigenvalue weighted by atomic mass is 32.2. The number of hydrogen-bond donors (Lipinski definition) is 1. The molecule has 148 valence electrons. The summed E-state index contributed by atoms with van der Waals surface area (Å²) in [5.74, 6) is 1.29. The Morgan fingerprint density at radius 1 is 1.19 bits per heavy atom. The van der Waals surface area contributed by atoms with Gasteiger partial charge in [0.2, 0.25) is 5.91 Å². The highest BCUT2D eigenvalue weighted by Crippen LogP contribution is 2.26. The van der Waals surface area contributed by atoms with Crippen LogP contribution < -0.4 is 5.32 Å². The topological polar surface area (TPSA) is 59.8 Å². The summed E-state index contributed by atoms with van der Waals surface area (Å²) in [6.45, 7) is 9.22. The minimum Gasteiger partial charge on any atom is -0.353 e. The molecule has 0 fully saturated rings. The summed E-state index contributed by atoms with van der Waals surface area (Å²) in [5, 5.41) is 12.6. The molecule has 1 N–H and O–H groups in total. The van der Waals surface area contributed by atoms with Crippen LogP contribution in [0.1, 0.15) is 58.4 Å². The molecule has 0 aliphatic rings. The summed E-state index contributed by atoms with van der Waals surface area (Å²) in [7, 11) is 0. The third-order valence-electron chi connectivity index (χ3n) is 4.65. The standard InChI is InChI=1S/C21H32N4OS/c1-5-7-8-9-13-17(4)22-19(26)15-27-21-24-23-20(25(21)6-2)18-14-11-10-12-16(18)3/h10-12,14,17H,5-9,13,15H2,1-4H3,(H,22,26)/t17-/m0/s1. The van der Waals surface area contributed by atoms with Crippen molar-refractivity contribution in [1.29, 1.82) is 0 Å². The van der Waals surface area contributed by atoms with Crippen molar-refractivity contribution in [3.05, 3.63) is 29.8 Å². The van der Waals surface area contributed by atoms with Crippen molar-refractivity contribution in [3.63, 3.8) is 0 Å². The normalized spacial score (nSPS) is 12.1. The number of thioether (sulfide) groups is 1. The van der Waals surface area contributed by atoms with Crippen LogP contribution in [0.15, 0.2) is 29.4 Å². The second-order valence-corrected chi connectivity index (χ2v) is 7.91. The molecule has 6 heteroatoms. The first-order valence-electron chi connectivity index (χ1n) is 9.98. The predicted molar refractivity (Wildman–Crippen MR) is 113 cm³/mol. The molecule has 27 heavy (non-hydrogen) atoms. The van der Waals surface area contributed by atoms with Crippen LogP contribution in [-0.4, -0.2) is 32.5 Å². The fraction of sp³-hybridized carbons (Fsp3) is 0.571. The van der Waals surface area contributed by atoms with E-state index in [1.807, 2.05) is 12.1 Å². The Kier molecular flexibility index (Phi) is 8.85. The second kappa shape index (κ2) is 11.1. The zero-order chi connectivity index (χ0) is 19.6. The molecule has 0 saturated heterocycles. The van der Waals surface area contributed by atoms with Crippen LogP contribution in [0.25, 0.3) is 11.4 Å². The van der Waals surface area contributed by atoms with E-state index in [4.69, 9.17) is 0 Å². The van der Waals surface area contributed by atoms with Crippen LogP contribution in [0.2, 0.25) is 0 Å². The Morgan fingerprint density at radius 3 is 2.67 bits per heavy atom. The zero-order valence-electron chi connectivity index (χ0n) is 17.0. The van der Waals surface area contributed by atoms with E-state index in [9.17, 15) is 4.79 Å². The predicted octanol–water partition coefficient (Wildman–Crippen LogP) is 4.84. The number of aryl methyl sites for hydroxylation is 1. The van der Waals surface area contributed by atoms with E-state index in [1.54, 1.807) is 0 Å². The maximum absolute atomic E-state index is 12.3. The first-order valence-corrected chi connectivity index (χ1v) is 11.0. The van der Waals surface area contributed by atoms with Crippen LogP contribution in [-0.2, 0) is 11.3 Å². The second-order valence-electron chi connectivity index (χ2n) is 6.97. The minimum absolute atomic E-state index is 0.0612. The maximum Gasteiger partial charge on any atom is 0.230 e. The van der Waals surface area contributed by atoms with E-state index >= 15 is 0 Å². The lowest BCUT2D eigenvalue weighted by Crippen LogP contribution is -2.33. The molecule has 0 saturated carbocycles. The van der Waals surface area contributed by atoms with Crippen molar-refractivity contribution in [2.45, 2.75) is 77.5 Å². The molecule has 1 atom stereocenters. The van der Waals surface area contributed by atoms with Gasteiger partial charge in [0.25, 0.3) is 0 Å². The van der Waals surface area contributed by atoms with Crippen LogP contribution in [0.4, 0.5) is 0 Å². The fourth-order valence-electron chi connectivity index (χ4n) is 3.10. The third kappa shape index (κ3) is 6.38. The van der Waals surface area contributed by atoms with Crippen LogP contribution in [0, 0.1) is 6.92 Å². The Hall–Kier alpha value is -1.82. The number of aromatic nitrogens is 3. The lowest BCUT2D eigenvalue weighted by atomic mass is 10.1. The van der Waals surface area contributed by atoms with Gasteiger partial charge in [0, 0.05) is 18.2 Å². The van der Waals surface area contributed by atoms with Crippen molar-refractivity contribution in [2.75, 3.05) is 5.75 Å². The average Bonchev–Trinajstić information content (AvgIpc) is 3.06. The van der Waals surface area contributed by atoms with Crippen molar-refractivity contribution in [2.24, 2.45) is 0 Å². The molecule has 1 amide bonds. The molecule has 1 heterocycles. The Balaban J connectivity index is 1.91. The van der Waals surface area contributed by atoms with Gasteiger partial charge in [-0.1, -0.05) is 68.6 Å². The van der Waals surface area contributed by atoms with Crippen molar-refractivity contribution >= 4 is 17.7 Å². The van der Waals surface area contributed by atoms with Gasteiger partial charge in [0.15, 0.2) is 11.0 Å². The number of nitrogens with zero attached hydrogens (tertiary/aromatic N) is 3. The smallest absolute Gasteiger partial charge is 0.230 e. The van der Waals surface area contributed by atoms with Crippen molar-refractivity contribution in [3.8, 4) is 11.4 Å². The van der Waals surface area contributed by atoms with Gasteiger partial charge < -0.3 is 9.88 Å². The number of unbranched alkanes of at least 4 members (excludes halogenated alkanes) is 3. The van der Waals surface area contributed by atoms with E-state index < -0.39 is 0 Å². The van der Waals surface area contributed by atoms with Gasteiger partial charge in [-0.25, -0.2) is 0 Å². The van der Waals surface area contributed by atoms with Crippen molar-refractivity contribution in [1.82, 2.24) is 20.1 Å². The van der Waals surface area contributed by atoms with Crippen molar-refractivity contribution < 1.29 is 4.79 Å². The number of carbonyl (C=O) groups is 1. The molecule has 0 bridgehead atoms. The van der Waals surface area contributed by atoms with Gasteiger partial charge in [0.1, 0.15) is 0 Å². The van der Waals surface area contributed by atoms with Gasteiger partial charge in [-0.05, 0) is 32.8 Å². The first-order chi connectivity index (χ1) is 13.1. The molecular formula is C21H32N4OS. The Labute approximate surface area is 167 Å². The minimum atomic E-state index is 0.0612. The lowest BCUT2D eigenvalue weighted by Gasteiger charge is -2.13. The Morgan fingerprint density at radius 2 is 1.96 bits per heavy atom. The first kappa shape index (κ1) is 21.5. The van der Waals surface area contributed by atoms with Gasteiger partial charge in [-0.15, -0.1) is 10.2 Å². The molecule has 0 unspecified atom stereocenters. The maximum atomic E-state index is 12.3. The summed E-state index contributed by atoms with van der Waals surface area (Å²) < 4.78 is 2.08. The summed E-state index contributed by atoms with van der Waals surface area (Å²) in [6.07, 6.45) is 5.96. The van der Waals surface area contributed by atoms with Gasteiger partial charge in [0.05, 0.1) is 5.75 Å². The zero-order valence-corrected chi connectivity index (χ0v) is 17.8. The molecule has 0 aliphatic heterocycles. The molecule has 0 spiro atoms. The molecule has 1 aromatic carbocycles. The average molecular weight is 389 g/mol. The lowest BCUT2D eigenvalue weighted by molar-refractivity contribution is -0.119. The largest absolute Gasteiger partial charge is 0.353 e. The molecular weight excluding hydrogens is 356 g/mol. The number of nitrogens with one attached hydrogen (secondary N) is 1. The number of amides is 1. The summed E-state index contributed by atoms with van der Waals surface area (Å²) in [5.41, 5.74) is 2.26. The number of benzene rings is 1. The SMILES string of the molecule is CCCCCC[C@H](C)NC(=O)CSc1nnc(-c2ccccc2C)n1CC. The summed E-state index contributed by atoms with van der Waals surface area (Å²) in [6, 6.07) is 8.40.